The fourth-order valence-electron chi connectivity index (χ4n) is 1.67. The van der Waals surface area contributed by atoms with Crippen LogP contribution in [0.1, 0.15) is 25.5 Å². The van der Waals surface area contributed by atoms with Gasteiger partial charge in [0.2, 0.25) is 5.82 Å². The van der Waals surface area contributed by atoms with Gasteiger partial charge in [-0.15, -0.1) is 0 Å². The fraction of sp³-hybridized carbons (Fsp3) is 0.600. The summed E-state index contributed by atoms with van der Waals surface area (Å²) in [5.41, 5.74) is 5.32. The van der Waals surface area contributed by atoms with Gasteiger partial charge in [-0.1, -0.05) is 13.8 Å². The number of carbonyl (C=O) groups excluding carboxylic acids is 1. The molecule has 0 fully saturated rings. The molecule has 0 saturated heterocycles. The van der Waals surface area contributed by atoms with Crippen molar-refractivity contribution in [3.05, 3.63) is 15.8 Å². The SMILES string of the molecule is CC(C)c1nn(C)c(NCCNC(N)=O)c1[N+](=O)[O-]. The van der Waals surface area contributed by atoms with Gasteiger partial charge in [-0.2, -0.15) is 5.10 Å². The molecular formula is C10H18N6O3. The van der Waals surface area contributed by atoms with Crippen LogP contribution in [0.4, 0.5) is 16.3 Å². The van der Waals surface area contributed by atoms with E-state index in [0.29, 0.717) is 18.1 Å². The summed E-state index contributed by atoms with van der Waals surface area (Å²) in [7, 11) is 1.63. The van der Waals surface area contributed by atoms with E-state index in [1.807, 2.05) is 13.8 Å². The molecule has 0 aliphatic rings. The van der Waals surface area contributed by atoms with E-state index < -0.39 is 11.0 Å². The van der Waals surface area contributed by atoms with Crippen LogP contribution in [0.25, 0.3) is 0 Å². The van der Waals surface area contributed by atoms with Crippen LogP contribution in [0.3, 0.4) is 0 Å². The standard InChI is InChI=1S/C10H18N6O3/c1-6(2)7-8(16(18)19)9(15(3)14-7)12-4-5-13-10(11)17/h6,12H,4-5H2,1-3H3,(H3,11,13,17). The van der Waals surface area contributed by atoms with Gasteiger partial charge in [0, 0.05) is 26.1 Å². The largest absolute Gasteiger partial charge is 0.363 e. The van der Waals surface area contributed by atoms with Gasteiger partial charge in [-0.3, -0.25) is 10.1 Å². The third kappa shape index (κ3) is 3.57. The van der Waals surface area contributed by atoms with Crippen molar-refractivity contribution >= 4 is 17.5 Å². The van der Waals surface area contributed by atoms with Gasteiger partial charge in [0.15, 0.2) is 0 Å². The second-order valence-corrected chi connectivity index (χ2v) is 4.34. The number of urea groups is 1. The van der Waals surface area contributed by atoms with Gasteiger partial charge in [0.25, 0.3) is 0 Å². The number of aryl methyl sites for hydroxylation is 1. The Balaban J connectivity index is 2.87. The van der Waals surface area contributed by atoms with E-state index in [0.717, 1.165) is 0 Å². The Morgan fingerprint density at radius 3 is 2.63 bits per heavy atom. The van der Waals surface area contributed by atoms with Crippen molar-refractivity contribution in [1.29, 1.82) is 0 Å². The maximum Gasteiger partial charge on any atom is 0.334 e. The molecule has 0 saturated carbocycles. The number of nitrogens with one attached hydrogen (secondary N) is 2. The molecule has 106 valence electrons. The molecule has 0 aromatic carbocycles. The van der Waals surface area contributed by atoms with Gasteiger partial charge >= 0.3 is 11.7 Å². The van der Waals surface area contributed by atoms with Crippen LogP contribution < -0.4 is 16.4 Å². The predicted molar refractivity (Wildman–Crippen MR) is 70.0 cm³/mol. The first-order valence-electron chi connectivity index (χ1n) is 5.83. The zero-order chi connectivity index (χ0) is 14.6. The van der Waals surface area contributed by atoms with Crippen LogP contribution in [-0.2, 0) is 7.05 Å². The predicted octanol–water partition coefficient (Wildman–Crippen LogP) is 0.532. The van der Waals surface area contributed by atoms with Crippen LogP contribution in [0, 0.1) is 10.1 Å². The molecule has 0 radical (unpaired) electrons. The van der Waals surface area contributed by atoms with E-state index in [-0.39, 0.29) is 18.2 Å². The van der Waals surface area contributed by atoms with E-state index in [1.165, 1.54) is 4.68 Å². The van der Waals surface area contributed by atoms with Crippen LogP contribution in [0.2, 0.25) is 0 Å². The lowest BCUT2D eigenvalue weighted by atomic mass is 10.1. The molecule has 0 spiro atoms. The van der Waals surface area contributed by atoms with E-state index in [1.54, 1.807) is 7.05 Å². The number of nitrogens with two attached hydrogens (primary N) is 1. The van der Waals surface area contributed by atoms with Crippen LogP contribution in [0.5, 0.6) is 0 Å². The Morgan fingerprint density at radius 2 is 2.16 bits per heavy atom. The summed E-state index contributed by atoms with van der Waals surface area (Å²) in [6.07, 6.45) is 0. The smallest absolute Gasteiger partial charge is 0.334 e. The Bertz CT molecular complexity index is 482. The maximum atomic E-state index is 11.1. The first-order valence-corrected chi connectivity index (χ1v) is 5.83. The highest BCUT2D eigenvalue weighted by Crippen LogP contribution is 2.32. The van der Waals surface area contributed by atoms with Gasteiger partial charge < -0.3 is 16.4 Å². The Morgan fingerprint density at radius 1 is 1.53 bits per heavy atom. The number of anilines is 1. The lowest BCUT2D eigenvalue weighted by Crippen LogP contribution is -2.33. The molecule has 9 heteroatoms. The Kier molecular flexibility index (Phi) is 4.67. The number of nitrogens with zero attached hydrogens (tertiary/aromatic N) is 3. The maximum absolute atomic E-state index is 11.1. The summed E-state index contributed by atoms with van der Waals surface area (Å²) in [5, 5.41) is 20.5. The van der Waals surface area contributed by atoms with E-state index >= 15 is 0 Å². The summed E-state index contributed by atoms with van der Waals surface area (Å²) in [5.74, 6) is 0.269. The van der Waals surface area contributed by atoms with Crippen molar-refractivity contribution in [3.63, 3.8) is 0 Å². The number of hydrogen-bond acceptors (Lipinski definition) is 5. The highest BCUT2D eigenvalue weighted by atomic mass is 16.6. The van der Waals surface area contributed by atoms with Gasteiger partial charge in [0.1, 0.15) is 5.69 Å². The lowest BCUT2D eigenvalue weighted by molar-refractivity contribution is -0.384. The lowest BCUT2D eigenvalue weighted by Gasteiger charge is -2.06. The molecule has 1 rings (SSSR count). The van der Waals surface area contributed by atoms with Crippen molar-refractivity contribution in [1.82, 2.24) is 15.1 Å². The molecule has 1 aromatic heterocycles. The second kappa shape index (κ2) is 6.03. The molecule has 1 aromatic rings. The Hall–Kier alpha value is -2.32. The number of carbonyl (C=O) groups is 1. The van der Waals surface area contributed by atoms with Crippen LogP contribution in [-0.4, -0.2) is 33.8 Å². The topological polar surface area (TPSA) is 128 Å². The number of hydrogen-bond donors (Lipinski definition) is 3. The van der Waals surface area contributed by atoms with Crippen molar-refractivity contribution in [2.45, 2.75) is 19.8 Å². The molecule has 9 nitrogen and oxygen atoms in total. The van der Waals surface area contributed by atoms with Crippen molar-refractivity contribution in [2.24, 2.45) is 12.8 Å². The van der Waals surface area contributed by atoms with Crippen molar-refractivity contribution in [2.75, 3.05) is 18.4 Å². The Labute approximate surface area is 110 Å². The van der Waals surface area contributed by atoms with Crippen molar-refractivity contribution < 1.29 is 9.72 Å². The summed E-state index contributed by atoms with van der Waals surface area (Å²) in [6, 6.07) is -0.635. The number of primary amides is 1. The monoisotopic (exact) mass is 270 g/mol. The molecule has 0 unspecified atom stereocenters. The quantitative estimate of drug-likeness (QED) is 0.394. The number of rotatable bonds is 6. The molecule has 0 atom stereocenters. The summed E-state index contributed by atoms with van der Waals surface area (Å²) < 4.78 is 1.43. The molecule has 0 bridgehead atoms. The first-order chi connectivity index (χ1) is 8.84. The van der Waals surface area contributed by atoms with E-state index in [9.17, 15) is 14.9 Å². The third-order valence-corrected chi connectivity index (χ3v) is 2.49. The minimum atomic E-state index is -0.635. The van der Waals surface area contributed by atoms with Crippen LogP contribution in [0.15, 0.2) is 0 Å². The molecule has 0 aliphatic heterocycles. The molecule has 2 amide bonds. The zero-order valence-corrected chi connectivity index (χ0v) is 11.1. The summed E-state index contributed by atoms with van der Waals surface area (Å²) in [6.45, 7) is 4.27. The number of aromatic nitrogens is 2. The van der Waals surface area contributed by atoms with Gasteiger partial charge in [-0.05, 0) is 0 Å². The molecule has 4 N–H and O–H groups in total. The van der Waals surface area contributed by atoms with Gasteiger partial charge in [0.05, 0.1) is 4.92 Å². The van der Waals surface area contributed by atoms with Gasteiger partial charge in [-0.25, -0.2) is 9.48 Å². The zero-order valence-electron chi connectivity index (χ0n) is 11.1. The fourth-order valence-corrected chi connectivity index (χ4v) is 1.67. The minimum Gasteiger partial charge on any atom is -0.363 e. The number of amides is 2. The normalized spacial score (nSPS) is 10.5. The third-order valence-electron chi connectivity index (χ3n) is 2.49. The average Bonchev–Trinajstić information content (AvgIpc) is 2.62. The minimum absolute atomic E-state index is 0.0309. The second-order valence-electron chi connectivity index (χ2n) is 4.34. The van der Waals surface area contributed by atoms with Crippen molar-refractivity contribution in [3.8, 4) is 0 Å². The van der Waals surface area contributed by atoms with Crippen LogP contribution >= 0.6 is 0 Å². The van der Waals surface area contributed by atoms with E-state index in [4.69, 9.17) is 5.73 Å². The average molecular weight is 270 g/mol. The molecular weight excluding hydrogens is 252 g/mol. The van der Waals surface area contributed by atoms with E-state index in [2.05, 4.69) is 15.7 Å². The summed E-state index contributed by atoms with van der Waals surface area (Å²) in [4.78, 5) is 21.2. The first kappa shape index (κ1) is 14.7. The molecule has 1 heterocycles. The highest BCUT2D eigenvalue weighted by molar-refractivity contribution is 5.71. The molecule has 19 heavy (non-hydrogen) atoms. The highest BCUT2D eigenvalue weighted by Gasteiger charge is 2.28. The molecule has 0 aliphatic carbocycles. The summed E-state index contributed by atoms with van der Waals surface area (Å²) >= 11 is 0. The number of nitro groups is 1.